The summed E-state index contributed by atoms with van der Waals surface area (Å²) in [7, 11) is 0. The Bertz CT molecular complexity index is 1640. The minimum Gasteiger partial charge on any atom is -0.372 e. The number of anilines is 3. The minimum absolute atomic E-state index is 0.985. The maximum Gasteiger partial charge on any atom is 0.199 e. The van der Waals surface area contributed by atoms with Crippen LogP contribution in [0.4, 0.5) is 17.1 Å². The van der Waals surface area contributed by atoms with Gasteiger partial charge >= 0.3 is 0 Å². The van der Waals surface area contributed by atoms with E-state index in [-0.39, 0.29) is 0 Å². The van der Waals surface area contributed by atoms with Crippen LogP contribution in [0.15, 0.2) is 120 Å². The fourth-order valence-electron chi connectivity index (χ4n) is 6.56. The van der Waals surface area contributed by atoms with Crippen LogP contribution in [0.1, 0.15) is 72.1 Å². The van der Waals surface area contributed by atoms with E-state index in [1.54, 1.807) is 0 Å². The van der Waals surface area contributed by atoms with Gasteiger partial charge in [0.05, 0.1) is 0 Å². The first-order valence-electron chi connectivity index (χ1n) is 18.4. The molecule has 1 aliphatic rings. The Morgan fingerprint density at radius 1 is 0.510 bits per heavy atom. The molecule has 0 atom stereocenters. The molecule has 4 rings (SSSR count). The molecule has 0 bridgehead atoms. The summed E-state index contributed by atoms with van der Waals surface area (Å²) in [5.41, 5.74) is 18.8. The molecule has 3 aromatic carbocycles. The molecule has 0 radical (unpaired) electrons. The minimum atomic E-state index is 0.985. The molecule has 1 aliphatic carbocycles. The zero-order chi connectivity index (χ0) is 35.2. The highest BCUT2D eigenvalue weighted by Crippen LogP contribution is 2.29. The molecule has 4 heteroatoms. The van der Waals surface area contributed by atoms with Crippen LogP contribution >= 0.6 is 0 Å². The van der Waals surface area contributed by atoms with Crippen molar-refractivity contribution in [1.29, 1.82) is 0 Å². The van der Waals surface area contributed by atoms with Crippen LogP contribution < -0.4 is 14.7 Å². The van der Waals surface area contributed by atoms with E-state index in [1.807, 2.05) is 0 Å². The van der Waals surface area contributed by atoms with E-state index in [4.69, 9.17) is 0 Å². The fourth-order valence-corrected chi connectivity index (χ4v) is 6.56. The second-order valence-electron chi connectivity index (χ2n) is 12.1. The lowest BCUT2D eigenvalue weighted by Gasteiger charge is -2.22. The lowest BCUT2D eigenvalue weighted by molar-refractivity contribution is -0.519. The van der Waals surface area contributed by atoms with E-state index in [1.165, 1.54) is 22.8 Å². The van der Waals surface area contributed by atoms with Crippen molar-refractivity contribution in [3.8, 4) is 0 Å². The third-order valence-electron chi connectivity index (χ3n) is 9.60. The van der Waals surface area contributed by atoms with Crippen LogP contribution in [0.3, 0.4) is 0 Å². The molecule has 0 saturated carbocycles. The Morgan fingerprint density at radius 2 is 0.878 bits per heavy atom. The van der Waals surface area contributed by atoms with Gasteiger partial charge in [-0.2, -0.15) is 0 Å². The van der Waals surface area contributed by atoms with Crippen molar-refractivity contribution in [3.05, 3.63) is 137 Å². The third-order valence-corrected chi connectivity index (χ3v) is 9.60. The topological polar surface area (TPSA) is 12.7 Å². The van der Waals surface area contributed by atoms with Gasteiger partial charge in [-0.25, -0.2) is 4.58 Å². The predicted molar refractivity (Wildman–Crippen MR) is 216 cm³/mol. The van der Waals surface area contributed by atoms with Gasteiger partial charge in [-0.1, -0.05) is 47.9 Å². The molecule has 0 N–H and O–H groups in total. The monoisotopic (exact) mass is 653 g/mol. The Labute approximate surface area is 297 Å². The average molecular weight is 654 g/mol. The van der Waals surface area contributed by atoms with Gasteiger partial charge in [0.25, 0.3) is 0 Å². The third kappa shape index (κ3) is 9.24. The molecule has 0 heterocycles. The van der Waals surface area contributed by atoms with Crippen LogP contribution in [-0.2, 0) is 0 Å². The molecule has 3 aromatic rings. The Kier molecular flexibility index (Phi) is 14.2. The van der Waals surface area contributed by atoms with Gasteiger partial charge in [-0.05, 0) is 138 Å². The van der Waals surface area contributed by atoms with Gasteiger partial charge in [0.15, 0.2) is 5.71 Å². The van der Waals surface area contributed by atoms with Gasteiger partial charge in [0.1, 0.15) is 13.1 Å². The van der Waals surface area contributed by atoms with E-state index in [2.05, 4.69) is 189 Å². The van der Waals surface area contributed by atoms with E-state index >= 15 is 0 Å². The summed E-state index contributed by atoms with van der Waals surface area (Å²) < 4.78 is 2.38. The van der Waals surface area contributed by atoms with Gasteiger partial charge in [0.2, 0.25) is 0 Å². The molecule has 0 aliphatic heterocycles. The average Bonchev–Trinajstić information content (AvgIpc) is 3.15. The highest BCUT2D eigenvalue weighted by atomic mass is 15.1. The molecule has 0 saturated heterocycles. The predicted octanol–water partition coefficient (Wildman–Crippen LogP) is 10.0. The van der Waals surface area contributed by atoms with Gasteiger partial charge in [-0.15, -0.1) is 0 Å². The van der Waals surface area contributed by atoms with E-state index in [9.17, 15) is 0 Å². The molecular weight excluding hydrogens is 597 g/mol. The highest BCUT2D eigenvalue weighted by Gasteiger charge is 2.13. The maximum absolute atomic E-state index is 3.62. The van der Waals surface area contributed by atoms with Crippen LogP contribution in [0, 0.1) is 0 Å². The summed E-state index contributed by atoms with van der Waals surface area (Å²) in [5, 5.41) is 0. The quantitative estimate of drug-likeness (QED) is 0.120. The summed E-state index contributed by atoms with van der Waals surface area (Å²) in [6.45, 7) is 25.5. The van der Waals surface area contributed by atoms with Crippen molar-refractivity contribution >= 4 is 33.9 Å². The molecule has 49 heavy (non-hydrogen) atoms. The maximum atomic E-state index is 3.62. The van der Waals surface area contributed by atoms with E-state index in [0.29, 0.717) is 0 Å². The molecular formula is C45H57N4+. The van der Waals surface area contributed by atoms with Crippen molar-refractivity contribution in [2.24, 2.45) is 0 Å². The molecule has 0 unspecified atom stereocenters. The zero-order valence-electron chi connectivity index (χ0n) is 31.3. The number of nitrogens with zero attached hydrogens (tertiary/aromatic N) is 4. The Balaban J connectivity index is 1.89. The first kappa shape index (κ1) is 37.1. The van der Waals surface area contributed by atoms with Crippen LogP contribution in [-0.4, -0.2) is 62.6 Å². The lowest BCUT2D eigenvalue weighted by Crippen LogP contribution is -2.21. The van der Waals surface area contributed by atoms with Crippen molar-refractivity contribution in [1.82, 2.24) is 0 Å². The second kappa shape index (κ2) is 18.7. The summed E-state index contributed by atoms with van der Waals surface area (Å²) >= 11 is 0. The molecule has 256 valence electrons. The first-order chi connectivity index (χ1) is 23.9. The molecule has 0 spiro atoms. The van der Waals surface area contributed by atoms with Crippen LogP contribution in [0.5, 0.6) is 0 Å². The van der Waals surface area contributed by atoms with Crippen molar-refractivity contribution < 1.29 is 4.58 Å². The molecule has 4 nitrogen and oxygen atoms in total. The summed E-state index contributed by atoms with van der Waals surface area (Å²) in [6.07, 6.45) is 11.1. The summed E-state index contributed by atoms with van der Waals surface area (Å²) in [5.74, 6) is 0. The second-order valence-corrected chi connectivity index (χ2v) is 12.1. The molecule has 0 fully saturated rings. The number of rotatable bonds is 15. The van der Waals surface area contributed by atoms with Crippen LogP contribution in [0.25, 0.3) is 11.1 Å². The van der Waals surface area contributed by atoms with Gasteiger partial charge in [0, 0.05) is 74.1 Å². The number of allylic oxidation sites excluding steroid dienone is 7. The van der Waals surface area contributed by atoms with Gasteiger partial charge < -0.3 is 14.7 Å². The standard InChI is InChI=1S/C45H57N4/c1-9-46(10-2)40-28-20-36(21-29-40)44(37-22-30-41(31-23-37)47(11-3)12-4)18-17-19-45(38-24-32-42(33-25-38)48(13-5)14-6)39-26-34-43(35-27-39)49(15-7)16-8/h18,20-35H,9-16H2,1-8H3/q+1. The lowest BCUT2D eigenvalue weighted by atomic mass is 9.95. The smallest absolute Gasteiger partial charge is 0.199 e. The first-order valence-corrected chi connectivity index (χ1v) is 18.4. The van der Waals surface area contributed by atoms with Crippen molar-refractivity contribution in [3.63, 3.8) is 0 Å². The van der Waals surface area contributed by atoms with E-state index in [0.717, 1.165) is 85.8 Å². The van der Waals surface area contributed by atoms with E-state index < -0.39 is 0 Å². The number of hydrogen-bond donors (Lipinski definition) is 0. The van der Waals surface area contributed by atoms with Crippen molar-refractivity contribution in [2.75, 3.05) is 67.1 Å². The van der Waals surface area contributed by atoms with Crippen LogP contribution in [0.2, 0.25) is 0 Å². The normalized spacial score (nSPS) is 11.9. The zero-order valence-corrected chi connectivity index (χ0v) is 31.3. The van der Waals surface area contributed by atoms with Gasteiger partial charge in [-0.3, -0.25) is 0 Å². The molecule has 0 amide bonds. The van der Waals surface area contributed by atoms with Crippen molar-refractivity contribution in [2.45, 2.75) is 55.4 Å². The summed E-state index contributed by atoms with van der Waals surface area (Å²) in [6, 6.07) is 26.7. The highest BCUT2D eigenvalue weighted by molar-refractivity contribution is 6.03. The molecule has 0 aromatic heterocycles. The summed E-state index contributed by atoms with van der Waals surface area (Å²) in [4.78, 5) is 7.13. The fraction of sp³-hybridized carbons (Fsp3) is 0.356. The number of benzene rings is 3. The Hall–Kier alpha value is -4.75. The Morgan fingerprint density at radius 3 is 1.22 bits per heavy atom. The largest absolute Gasteiger partial charge is 0.372 e. The SMILES string of the molecule is CCN(CC)c1ccc(C(=C=C=CC(=C2C=CC(=[N+](CC)CC)C=C2)c2ccc(N(CC)CC)cc2)c2ccc(N(CC)CC)cc2)cc1. The number of hydrogen-bond acceptors (Lipinski definition) is 3.